The average Bonchev–Trinajstić information content (AvgIpc) is 3.10. The van der Waals surface area contributed by atoms with Crippen LogP contribution in [-0.4, -0.2) is 23.0 Å². The van der Waals surface area contributed by atoms with Gasteiger partial charge in [0.05, 0.1) is 5.02 Å². The van der Waals surface area contributed by atoms with E-state index in [2.05, 4.69) is 5.32 Å². The number of aliphatic carboxylic acids is 1. The van der Waals surface area contributed by atoms with Crippen molar-refractivity contribution in [3.8, 4) is 11.5 Å². The number of halogens is 1. The van der Waals surface area contributed by atoms with Gasteiger partial charge in [-0.25, -0.2) is 0 Å². The summed E-state index contributed by atoms with van der Waals surface area (Å²) in [5.41, 5.74) is 9.50. The van der Waals surface area contributed by atoms with Crippen LogP contribution < -0.4 is 15.8 Å². The monoisotopic (exact) mass is 448 g/mol. The average molecular weight is 449 g/mol. The number of rotatable bonds is 6. The molecule has 0 bridgehead atoms. The second-order valence-corrected chi connectivity index (χ2v) is 7.98. The van der Waals surface area contributed by atoms with Crippen molar-refractivity contribution in [1.82, 2.24) is 0 Å². The molecule has 0 saturated carbocycles. The first-order chi connectivity index (χ1) is 15.3. The van der Waals surface area contributed by atoms with Crippen molar-refractivity contribution in [2.45, 2.75) is 18.9 Å². The molecule has 1 amide bonds. The number of carboxylic acid groups (broad SMARTS) is 1. The lowest BCUT2D eigenvalue weighted by Gasteiger charge is -2.16. The van der Waals surface area contributed by atoms with Gasteiger partial charge in [0, 0.05) is 22.7 Å². The number of nitrogens with two attached hydrogens (primary N) is 1. The summed E-state index contributed by atoms with van der Waals surface area (Å²) in [4.78, 5) is 23.4. The summed E-state index contributed by atoms with van der Waals surface area (Å²) in [5, 5.41) is 12.3. The Balaban J connectivity index is 1.51. The highest BCUT2D eigenvalue weighted by Crippen LogP contribution is 2.35. The number of fused-ring (bicyclic) bond motifs is 1. The van der Waals surface area contributed by atoms with Crippen LogP contribution in [-0.2, 0) is 9.59 Å². The van der Waals surface area contributed by atoms with E-state index in [0.29, 0.717) is 22.1 Å². The molecule has 2 atom stereocenters. The highest BCUT2D eigenvalue weighted by molar-refractivity contribution is 6.35. The van der Waals surface area contributed by atoms with E-state index in [1.807, 2.05) is 30.3 Å². The van der Waals surface area contributed by atoms with Gasteiger partial charge in [0.15, 0.2) is 0 Å². The zero-order valence-corrected chi connectivity index (χ0v) is 18.0. The highest BCUT2D eigenvalue weighted by Gasteiger charge is 2.23. The number of hydrogen-bond donors (Lipinski definition) is 3. The second kappa shape index (κ2) is 8.86. The number of para-hydroxylation sites is 1. The Hall–Kier alpha value is -3.61. The normalized spacial score (nSPS) is 15.7. The molecule has 2 unspecified atom stereocenters. The van der Waals surface area contributed by atoms with Crippen molar-refractivity contribution in [3.05, 3.63) is 88.4 Å². The van der Waals surface area contributed by atoms with Crippen LogP contribution in [0.4, 0.5) is 5.69 Å². The molecule has 3 aromatic rings. The molecule has 1 aliphatic rings. The van der Waals surface area contributed by atoms with Gasteiger partial charge in [0.25, 0.3) is 5.91 Å². The first-order valence-electron chi connectivity index (χ1n) is 10.0. The molecule has 0 fully saturated rings. The fourth-order valence-electron chi connectivity index (χ4n) is 3.53. The quantitative estimate of drug-likeness (QED) is 0.453. The van der Waals surface area contributed by atoms with Crippen LogP contribution in [0.15, 0.2) is 66.7 Å². The van der Waals surface area contributed by atoms with Crippen LogP contribution in [0, 0.1) is 0 Å². The van der Waals surface area contributed by atoms with Crippen molar-refractivity contribution >= 4 is 40.8 Å². The zero-order chi connectivity index (χ0) is 22.8. The number of carbonyl (C=O) groups excluding carboxylic acids is 1. The molecule has 0 aromatic heterocycles. The molecule has 0 spiro atoms. The maximum Gasteiger partial charge on any atom is 0.321 e. The predicted molar refractivity (Wildman–Crippen MR) is 125 cm³/mol. The van der Waals surface area contributed by atoms with Gasteiger partial charge in [-0.2, -0.15) is 0 Å². The SMILES string of the molecule is CC(c1ccc(Oc2ccc(C=C3C(=O)Nc4ccccc43)cc2Cl)cc1)C(N)C(=O)O. The molecule has 1 heterocycles. The van der Waals surface area contributed by atoms with Crippen molar-refractivity contribution in [1.29, 1.82) is 0 Å². The van der Waals surface area contributed by atoms with Crippen molar-refractivity contribution in [2.24, 2.45) is 5.73 Å². The van der Waals surface area contributed by atoms with E-state index in [-0.39, 0.29) is 11.8 Å². The summed E-state index contributed by atoms with van der Waals surface area (Å²) in [6.07, 6.45) is 1.79. The van der Waals surface area contributed by atoms with E-state index in [0.717, 1.165) is 22.4 Å². The molecule has 0 saturated heterocycles. The van der Waals surface area contributed by atoms with Gasteiger partial charge in [-0.1, -0.05) is 54.9 Å². The van der Waals surface area contributed by atoms with E-state index in [9.17, 15) is 9.59 Å². The fourth-order valence-corrected chi connectivity index (χ4v) is 3.75. The molecule has 3 aromatic carbocycles. The first kappa shape index (κ1) is 21.6. The number of benzene rings is 3. The zero-order valence-electron chi connectivity index (χ0n) is 17.2. The minimum Gasteiger partial charge on any atom is -0.480 e. The number of carbonyl (C=O) groups is 2. The summed E-state index contributed by atoms with van der Waals surface area (Å²) in [7, 11) is 0. The minimum atomic E-state index is -1.04. The molecule has 162 valence electrons. The lowest BCUT2D eigenvalue weighted by Crippen LogP contribution is -2.35. The van der Waals surface area contributed by atoms with Gasteiger partial charge in [-0.3, -0.25) is 9.59 Å². The van der Waals surface area contributed by atoms with Gasteiger partial charge in [-0.05, 0) is 47.5 Å². The van der Waals surface area contributed by atoms with Gasteiger partial charge < -0.3 is 20.9 Å². The smallest absolute Gasteiger partial charge is 0.321 e. The Morgan fingerprint density at radius 3 is 2.53 bits per heavy atom. The summed E-state index contributed by atoms with van der Waals surface area (Å²) >= 11 is 6.42. The van der Waals surface area contributed by atoms with Gasteiger partial charge in [0.1, 0.15) is 17.5 Å². The summed E-state index contributed by atoms with van der Waals surface area (Å²) in [6.45, 7) is 1.77. The highest BCUT2D eigenvalue weighted by atomic mass is 35.5. The van der Waals surface area contributed by atoms with Gasteiger partial charge in [-0.15, -0.1) is 0 Å². The summed E-state index contributed by atoms with van der Waals surface area (Å²) in [5.74, 6) is -0.511. The fraction of sp³-hybridized carbons (Fsp3) is 0.120. The Kier molecular flexibility index (Phi) is 5.99. The lowest BCUT2D eigenvalue weighted by atomic mass is 9.94. The second-order valence-electron chi connectivity index (χ2n) is 7.57. The minimum absolute atomic E-state index is 0.153. The molecule has 6 nitrogen and oxygen atoms in total. The van der Waals surface area contributed by atoms with Crippen LogP contribution >= 0.6 is 11.6 Å². The van der Waals surface area contributed by atoms with Crippen LogP contribution in [0.5, 0.6) is 11.5 Å². The van der Waals surface area contributed by atoms with E-state index in [1.54, 1.807) is 49.4 Å². The van der Waals surface area contributed by atoms with Crippen LogP contribution in [0.1, 0.15) is 29.5 Å². The Morgan fingerprint density at radius 2 is 1.84 bits per heavy atom. The van der Waals surface area contributed by atoms with Crippen molar-refractivity contribution < 1.29 is 19.4 Å². The van der Waals surface area contributed by atoms with Gasteiger partial charge in [0.2, 0.25) is 0 Å². The third-order valence-electron chi connectivity index (χ3n) is 5.43. The van der Waals surface area contributed by atoms with Crippen LogP contribution in [0.2, 0.25) is 5.02 Å². The standard InChI is InChI=1S/C25H21ClN2O4/c1-14(23(27)25(30)31)16-7-9-17(10-8-16)32-22-11-6-15(13-20(22)26)12-19-18-4-2-3-5-21(18)28-24(19)29/h2-14,23H,27H2,1H3,(H,28,29)(H,30,31). The number of anilines is 1. The molecule has 4 rings (SSSR count). The topological polar surface area (TPSA) is 102 Å². The van der Waals surface area contributed by atoms with E-state index in [4.69, 9.17) is 27.2 Å². The van der Waals surface area contributed by atoms with Crippen molar-refractivity contribution in [3.63, 3.8) is 0 Å². The molecule has 32 heavy (non-hydrogen) atoms. The number of amides is 1. The largest absolute Gasteiger partial charge is 0.480 e. The molecule has 1 aliphatic heterocycles. The molecule has 7 heteroatoms. The number of ether oxygens (including phenoxy) is 1. The molecule has 0 aliphatic carbocycles. The lowest BCUT2D eigenvalue weighted by molar-refractivity contribution is -0.139. The van der Waals surface area contributed by atoms with E-state index in [1.165, 1.54) is 0 Å². The van der Waals surface area contributed by atoms with Crippen molar-refractivity contribution in [2.75, 3.05) is 5.32 Å². The Bertz CT molecular complexity index is 1220. The van der Waals surface area contributed by atoms with E-state index >= 15 is 0 Å². The maximum atomic E-state index is 12.3. The predicted octanol–water partition coefficient (Wildman–Crippen LogP) is 5.14. The Morgan fingerprint density at radius 1 is 1.12 bits per heavy atom. The third kappa shape index (κ3) is 4.37. The molecular weight excluding hydrogens is 428 g/mol. The van der Waals surface area contributed by atoms with Gasteiger partial charge >= 0.3 is 5.97 Å². The van der Waals surface area contributed by atoms with Crippen LogP contribution in [0.25, 0.3) is 11.6 Å². The van der Waals surface area contributed by atoms with E-state index < -0.39 is 12.0 Å². The molecule has 4 N–H and O–H groups in total. The summed E-state index contributed by atoms with van der Waals surface area (Å²) < 4.78 is 5.87. The number of hydrogen-bond acceptors (Lipinski definition) is 4. The molecular formula is C25H21ClN2O4. The summed E-state index contributed by atoms with van der Waals surface area (Å²) in [6, 6.07) is 18.9. The Labute approximate surface area is 190 Å². The number of carboxylic acids is 1. The first-order valence-corrected chi connectivity index (χ1v) is 10.4. The van der Waals surface area contributed by atoms with Crippen LogP contribution in [0.3, 0.4) is 0 Å². The molecule has 0 radical (unpaired) electrons. The maximum absolute atomic E-state index is 12.3. The number of nitrogens with one attached hydrogen (secondary N) is 1. The third-order valence-corrected chi connectivity index (χ3v) is 5.73.